The minimum atomic E-state index is -0.336. The highest BCUT2D eigenvalue weighted by Crippen LogP contribution is 2.28. The molecule has 6 heteroatoms. The zero-order chi connectivity index (χ0) is 24.9. The van der Waals surface area contributed by atoms with Gasteiger partial charge in [-0.05, 0) is 72.1 Å². The van der Waals surface area contributed by atoms with Gasteiger partial charge in [0.25, 0.3) is 11.1 Å². The van der Waals surface area contributed by atoms with Crippen LogP contribution in [0.3, 0.4) is 0 Å². The van der Waals surface area contributed by atoms with Crippen LogP contribution in [0.1, 0.15) is 89.5 Å². The average Bonchev–Trinajstić information content (AvgIpc) is 3.15. The summed E-state index contributed by atoms with van der Waals surface area (Å²) in [5.74, 6) is 0.856. The van der Waals surface area contributed by atoms with E-state index in [0.29, 0.717) is 10.7 Å². The lowest BCUT2D eigenvalue weighted by Gasteiger charge is -2.08. The number of benzene rings is 2. The third-order valence-electron chi connectivity index (χ3n) is 6.22. The van der Waals surface area contributed by atoms with E-state index in [0.717, 1.165) is 59.7 Å². The lowest BCUT2D eigenvalue weighted by atomic mass is 10.0. The van der Waals surface area contributed by atoms with E-state index in [4.69, 9.17) is 4.74 Å². The predicted molar refractivity (Wildman–Crippen MR) is 145 cm³/mol. The first kappa shape index (κ1) is 27.0. The zero-order valence-electron chi connectivity index (χ0n) is 20.8. The summed E-state index contributed by atoms with van der Waals surface area (Å²) in [5, 5.41) is 4.11. The van der Waals surface area contributed by atoms with Gasteiger partial charge in [0.2, 0.25) is 0 Å². The van der Waals surface area contributed by atoms with Gasteiger partial charge in [-0.3, -0.25) is 14.9 Å². The molecule has 188 valence electrons. The van der Waals surface area contributed by atoms with Crippen LogP contribution in [-0.2, 0) is 9.59 Å². The molecule has 5 nitrogen and oxygen atoms in total. The Morgan fingerprint density at radius 2 is 1.43 bits per heavy atom. The molecule has 2 aromatic rings. The van der Waals surface area contributed by atoms with Crippen molar-refractivity contribution in [2.24, 2.45) is 0 Å². The fourth-order valence-electron chi connectivity index (χ4n) is 4.25. The number of amides is 2. The molecule has 1 saturated heterocycles. The maximum absolute atomic E-state index is 11.7. The summed E-state index contributed by atoms with van der Waals surface area (Å²) in [4.78, 5) is 34.4. The Bertz CT molecular complexity index is 1050. The standard InChI is InChI=1S/C29H37NO4S/c1-22(31)13-11-9-7-5-3-2-4-6-8-10-12-18-34-26-17-16-24-19-23(14-15-25(24)21-26)20-27-28(32)30-29(33)35-27/h14-17,19-21H,2-13,18H2,1H3,(H,30,32,33). The Hall–Kier alpha value is -2.60. The smallest absolute Gasteiger partial charge is 0.290 e. The number of Topliss-reactive ketones (excluding diaryl/α,β-unsaturated/α-hetero) is 1. The second kappa shape index (κ2) is 14.7. The van der Waals surface area contributed by atoms with Crippen LogP contribution in [0.2, 0.25) is 0 Å². The highest BCUT2D eigenvalue weighted by molar-refractivity contribution is 8.18. The molecule has 35 heavy (non-hydrogen) atoms. The molecule has 0 spiro atoms. The number of hydrogen-bond acceptors (Lipinski definition) is 5. The second-order valence-electron chi connectivity index (χ2n) is 9.31. The Morgan fingerprint density at radius 3 is 2.06 bits per heavy atom. The molecule has 1 N–H and O–H groups in total. The normalized spacial score (nSPS) is 14.6. The molecule has 2 aromatic carbocycles. The summed E-state index contributed by atoms with van der Waals surface area (Å²) in [7, 11) is 0. The molecule has 0 unspecified atom stereocenters. The Labute approximate surface area is 213 Å². The van der Waals surface area contributed by atoms with E-state index in [1.54, 1.807) is 13.0 Å². The third kappa shape index (κ3) is 9.88. The van der Waals surface area contributed by atoms with Gasteiger partial charge in [-0.1, -0.05) is 76.0 Å². The first-order valence-electron chi connectivity index (χ1n) is 12.9. The van der Waals surface area contributed by atoms with Gasteiger partial charge in [0.15, 0.2) is 0 Å². The molecule has 1 aliphatic heterocycles. The molecule has 0 saturated carbocycles. The van der Waals surface area contributed by atoms with Gasteiger partial charge in [-0.2, -0.15) is 0 Å². The fourth-order valence-corrected chi connectivity index (χ4v) is 4.93. The fraction of sp³-hybridized carbons (Fsp3) is 0.483. The third-order valence-corrected chi connectivity index (χ3v) is 7.03. The van der Waals surface area contributed by atoms with Gasteiger partial charge in [0.05, 0.1) is 11.5 Å². The molecular weight excluding hydrogens is 458 g/mol. The molecule has 0 aromatic heterocycles. The molecule has 1 fully saturated rings. The summed E-state index contributed by atoms with van der Waals surface area (Å²) in [6.07, 6.45) is 16.1. The Morgan fingerprint density at radius 1 is 0.829 bits per heavy atom. The summed E-state index contributed by atoms with van der Waals surface area (Å²) in [6, 6.07) is 12.0. The number of rotatable bonds is 16. The van der Waals surface area contributed by atoms with E-state index in [2.05, 4.69) is 5.32 Å². The van der Waals surface area contributed by atoms with Crippen LogP contribution in [0.25, 0.3) is 16.8 Å². The van der Waals surface area contributed by atoms with Crippen molar-refractivity contribution < 1.29 is 19.1 Å². The minimum Gasteiger partial charge on any atom is -0.494 e. The van der Waals surface area contributed by atoms with Crippen molar-refractivity contribution in [2.75, 3.05) is 6.61 Å². The number of unbranched alkanes of at least 4 members (excludes halogenated alkanes) is 10. The van der Waals surface area contributed by atoms with Crippen LogP contribution in [0, 0.1) is 0 Å². The van der Waals surface area contributed by atoms with E-state index in [1.165, 1.54) is 57.8 Å². The minimum absolute atomic E-state index is 0.313. The van der Waals surface area contributed by atoms with E-state index in [9.17, 15) is 14.4 Å². The second-order valence-corrected chi connectivity index (χ2v) is 10.3. The number of carbonyl (C=O) groups is 3. The summed E-state index contributed by atoms with van der Waals surface area (Å²) >= 11 is 0.932. The summed E-state index contributed by atoms with van der Waals surface area (Å²) in [5.41, 5.74) is 0.892. The lowest BCUT2D eigenvalue weighted by molar-refractivity contribution is -0.117. The highest BCUT2D eigenvalue weighted by atomic mass is 32.2. The zero-order valence-corrected chi connectivity index (χ0v) is 21.6. The molecule has 0 aliphatic carbocycles. The van der Waals surface area contributed by atoms with Crippen molar-refractivity contribution in [3.05, 3.63) is 46.9 Å². The number of nitrogens with one attached hydrogen (secondary N) is 1. The quantitative estimate of drug-likeness (QED) is 0.190. The maximum Gasteiger partial charge on any atom is 0.290 e. The van der Waals surface area contributed by atoms with Crippen LogP contribution in [0.15, 0.2) is 41.3 Å². The van der Waals surface area contributed by atoms with E-state index in [-0.39, 0.29) is 11.1 Å². The van der Waals surface area contributed by atoms with Crippen molar-refractivity contribution in [2.45, 2.75) is 84.0 Å². The van der Waals surface area contributed by atoms with Gasteiger partial charge >= 0.3 is 0 Å². The van der Waals surface area contributed by atoms with E-state index in [1.807, 2.05) is 36.4 Å². The number of carbonyl (C=O) groups excluding carboxylic acids is 3. The maximum atomic E-state index is 11.7. The van der Waals surface area contributed by atoms with Gasteiger partial charge in [-0.25, -0.2) is 0 Å². The molecule has 0 radical (unpaired) electrons. The van der Waals surface area contributed by atoms with Crippen LogP contribution >= 0.6 is 11.8 Å². The van der Waals surface area contributed by atoms with E-state index < -0.39 is 0 Å². The first-order chi connectivity index (χ1) is 17.0. The predicted octanol–water partition coefficient (Wildman–Crippen LogP) is 7.81. The molecule has 2 amide bonds. The first-order valence-corrected chi connectivity index (χ1v) is 13.7. The van der Waals surface area contributed by atoms with Crippen molar-refractivity contribution in [1.82, 2.24) is 5.32 Å². The molecule has 3 rings (SSSR count). The van der Waals surface area contributed by atoms with Crippen LogP contribution in [0.4, 0.5) is 4.79 Å². The van der Waals surface area contributed by atoms with E-state index >= 15 is 0 Å². The van der Waals surface area contributed by atoms with Crippen molar-refractivity contribution in [3.63, 3.8) is 0 Å². The molecule has 0 atom stereocenters. The molecule has 1 aliphatic rings. The monoisotopic (exact) mass is 495 g/mol. The van der Waals surface area contributed by atoms with Crippen LogP contribution in [-0.4, -0.2) is 23.5 Å². The SMILES string of the molecule is CC(=O)CCCCCCCCCCCCCOc1ccc2cc(C=C3SC(=O)NC3=O)ccc2c1. The summed E-state index contributed by atoms with van der Waals surface area (Å²) < 4.78 is 5.96. The summed E-state index contributed by atoms with van der Waals surface area (Å²) in [6.45, 7) is 2.41. The molecule has 0 bridgehead atoms. The topological polar surface area (TPSA) is 72.5 Å². The Kier molecular flexibility index (Phi) is 11.4. The molecular formula is C29H37NO4S. The number of thioether (sulfide) groups is 1. The van der Waals surface area contributed by atoms with Gasteiger partial charge in [0, 0.05) is 6.42 Å². The highest BCUT2D eigenvalue weighted by Gasteiger charge is 2.24. The van der Waals surface area contributed by atoms with Crippen molar-refractivity contribution in [3.8, 4) is 5.75 Å². The molecule has 1 heterocycles. The Balaban J connectivity index is 1.26. The van der Waals surface area contributed by atoms with Crippen molar-refractivity contribution in [1.29, 1.82) is 0 Å². The van der Waals surface area contributed by atoms with Crippen molar-refractivity contribution >= 4 is 45.5 Å². The number of ketones is 1. The number of imide groups is 1. The average molecular weight is 496 g/mol. The number of hydrogen-bond donors (Lipinski definition) is 1. The lowest BCUT2D eigenvalue weighted by Crippen LogP contribution is -2.17. The number of ether oxygens (including phenoxy) is 1. The largest absolute Gasteiger partial charge is 0.494 e. The van der Waals surface area contributed by atoms with Gasteiger partial charge in [-0.15, -0.1) is 0 Å². The van der Waals surface area contributed by atoms with Gasteiger partial charge in [0.1, 0.15) is 11.5 Å². The van der Waals surface area contributed by atoms with Crippen LogP contribution < -0.4 is 10.1 Å². The van der Waals surface area contributed by atoms with Crippen LogP contribution in [0.5, 0.6) is 5.75 Å². The van der Waals surface area contributed by atoms with Gasteiger partial charge < -0.3 is 9.53 Å². The number of fused-ring (bicyclic) bond motifs is 1.